The van der Waals surface area contributed by atoms with E-state index in [2.05, 4.69) is 5.32 Å². The third-order valence-corrected chi connectivity index (χ3v) is 3.35. The van der Waals surface area contributed by atoms with E-state index in [0.29, 0.717) is 11.1 Å². The van der Waals surface area contributed by atoms with Crippen LogP contribution in [0.4, 0.5) is 10.5 Å². The molecule has 0 atom stereocenters. The standard InChI is InChI=1S/C18H15NO3/c20-17-15-9-5-4-8-14(15)10-11-16(17)19-18(21)22-12-13-6-2-1-3-7-13/h1-11,20H,12H2,(H,19,21). The second-order valence-corrected chi connectivity index (χ2v) is 4.87. The second-order valence-electron chi connectivity index (χ2n) is 4.87. The topological polar surface area (TPSA) is 58.6 Å². The van der Waals surface area contributed by atoms with Gasteiger partial charge >= 0.3 is 6.09 Å². The minimum atomic E-state index is -0.602. The zero-order valence-corrected chi connectivity index (χ0v) is 11.8. The van der Waals surface area contributed by atoms with Crippen LogP contribution in [-0.2, 0) is 11.3 Å². The molecule has 0 unspecified atom stereocenters. The average molecular weight is 293 g/mol. The number of fused-ring (bicyclic) bond motifs is 1. The Bertz CT molecular complexity index is 800. The molecule has 22 heavy (non-hydrogen) atoms. The Balaban J connectivity index is 1.70. The molecule has 0 aliphatic rings. The molecule has 0 saturated carbocycles. The number of ether oxygens (including phenoxy) is 1. The van der Waals surface area contributed by atoms with E-state index in [0.717, 1.165) is 10.9 Å². The summed E-state index contributed by atoms with van der Waals surface area (Å²) in [4.78, 5) is 11.8. The lowest BCUT2D eigenvalue weighted by atomic mass is 10.1. The highest BCUT2D eigenvalue weighted by Gasteiger charge is 2.10. The Hall–Kier alpha value is -3.01. The van der Waals surface area contributed by atoms with Gasteiger partial charge < -0.3 is 9.84 Å². The van der Waals surface area contributed by atoms with Gasteiger partial charge in [-0.2, -0.15) is 0 Å². The van der Waals surface area contributed by atoms with Crippen molar-refractivity contribution in [2.45, 2.75) is 6.61 Å². The number of rotatable bonds is 3. The highest BCUT2D eigenvalue weighted by atomic mass is 16.5. The van der Waals surface area contributed by atoms with Gasteiger partial charge in [0.05, 0.1) is 5.69 Å². The monoisotopic (exact) mass is 293 g/mol. The maximum atomic E-state index is 11.8. The van der Waals surface area contributed by atoms with Crippen molar-refractivity contribution in [2.75, 3.05) is 5.32 Å². The molecule has 3 aromatic rings. The summed E-state index contributed by atoms with van der Waals surface area (Å²) in [5.41, 5.74) is 1.23. The van der Waals surface area contributed by atoms with E-state index in [1.54, 1.807) is 12.1 Å². The van der Waals surface area contributed by atoms with Crippen molar-refractivity contribution in [2.24, 2.45) is 0 Å². The van der Waals surface area contributed by atoms with Crippen molar-refractivity contribution in [3.63, 3.8) is 0 Å². The fourth-order valence-electron chi connectivity index (χ4n) is 2.23. The van der Waals surface area contributed by atoms with E-state index in [1.165, 1.54) is 0 Å². The van der Waals surface area contributed by atoms with Crippen LogP contribution in [0.3, 0.4) is 0 Å². The van der Waals surface area contributed by atoms with Gasteiger partial charge in [-0.05, 0) is 17.0 Å². The number of carbonyl (C=O) groups excluding carboxylic acids is 1. The molecule has 0 aliphatic heterocycles. The van der Waals surface area contributed by atoms with E-state index in [9.17, 15) is 9.90 Å². The molecule has 0 aliphatic carbocycles. The molecule has 0 spiro atoms. The van der Waals surface area contributed by atoms with Crippen LogP contribution in [0.5, 0.6) is 5.75 Å². The van der Waals surface area contributed by atoms with Crippen LogP contribution in [0.15, 0.2) is 66.7 Å². The summed E-state index contributed by atoms with van der Waals surface area (Å²) < 4.78 is 5.14. The van der Waals surface area contributed by atoms with Gasteiger partial charge in [0.2, 0.25) is 0 Å². The van der Waals surface area contributed by atoms with Crippen LogP contribution in [-0.4, -0.2) is 11.2 Å². The van der Waals surface area contributed by atoms with Gasteiger partial charge in [-0.15, -0.1) is 0 Å². The molecule has 3 aromatic carbocycles. The first kappa shape index (κ1) is 13.9. The maximum absolute atomic E-state index is 11.8. The zero-order chi connectivity index (χ0) is 15.4. The summed E-state index contributed by atoms with van der Waals surface area (Å²) in [6, 6.07) is 20.3. The Morgan fingerprint density at radius 3 is 2.50 bits per heavy atom. The largest absolute Gasteiger partial charge is 0.505 e. The molecule has 2 N–H and O–H groups in total. The molecule has 0 saturated heterocycles. The predicted molar refractivity (Wildman–Crippen MR) is 85.9 cm³/mol. The summed E-state index contributed by atoms with van der Waals surface area (Å²) in [7, 11) is 0. The smallest absolute Gasteiger partial charge is 0.412 e. The number of hydrogen-bond donors (Lipinski definition) is 2. The predicted octanol–water partition coefficient (Wildman–Crippen LogP) is 4.29. The minimum Gasteiger partial charge on any atom is -0.505 e. The summed E-state index contributed by atoms with van der Waals surface area (Å²) in [5, 5.41) is 14.4. The molecule has 4 nitrogen and oxygen atoms in total. The number of anilines is 1. The highest BCUT2D eigenvalue weighted by Crippen LogP contribution is 2.32. The first-order chi connectivity index (χ1) is 10.7. The number of aromatic hydroxyl groups is 1. The molecular weight excluding hydrogens is 278 g/mol. The van der Waals surface area contributed by atoms with Gasteiger partial charge in [-0.3, -0.25) is 5.32 Å². The number of phenols is 1. The van der Waals surface area contributed by atoms with Crippen LogP contribution >= 0.6 is 0 Å². The average Bonchev–Trinajstić information content (AvgIpc) is 2.57. The third kappa shape index (κ3) is 3.01. The van der Waals surface area contributed by atoms with Crippen molar-refractivity contribution >= 4 is 22.6 Å². The van der Waals surface area contributed by atoms with E-state index >= 15 is 0 Å². The fraction of sp³-hybridized carbons (Fsp3) is 0.0556. The summed E-state index contributed by atoms with van der Waals surface area (Å²) in [6.07, 6.45) is -0.602. The third-order valence-electron chi connectivity index (χ3n) is 3.35. The molecule has 0 fully saturated rings. The molecule has 0 heterocycles. The molecule has 110 valence electrons. The van der Waals surface area contributed by atoms with Crippen molar-refractivity contribution in [1.82, 2.24) is 0 Å². The first-order valence-corrected chi connectivity index (χ1v) is 6.92. The summed E-state index contributed by atoms with van der Waals surface area (Å²) in [5.74, 6) is 0.0368. The SMILES string of the molecule is O=C(Nc1ccc2ccccc2c1O)OCc1ccccc1. The van der Waals surface area contributed by atoms with Gasteiger partial charge in [0.1, 0.15) is 12.4 Å². The Kier molecular flexibility index (Phi) is 3.92. The summed E-state index contributed by atoms with van der Waals surface area (Å²) in [6.45, 7) is 0.182. The Labute approximate surface area is 128 Å². The minimum absolute atomic E-state index is 0.0368. The van der Waals surface area contributed by atoms with Crippen molar-refractivity contribution in [1.29, 1.82) is 0 Å². The molecule has 4 heteroatoms. The van der Waals surface area contributed by atoms with Gasteiger partial charge in [0.25, 0.3) is 0 Å². The van der Waals surface area contributed by atoms with Crippen LogP contribution in [0, 0.1) is 0 Å². The first-order valence-electron chi connectivity index (χ1n) is 6.92. The van der Waals surface area contributed by atoms with E-state index < -0.39 is 6.09 Å². The van der Waals surface area contributed by atoms with Gasteiger partial charge in [0, 0.05) is 5.39 Å². The summed E-state index contributed by atoms with van der Waals surface area (Å²) >= 11 is 0. The highest BCUT2D eigenvalue weighted by molar-refractivity contribution is 5.97. The molecule has 0 bridgehead atoms. The quantitative estimate of drug-likeness (QED) is 0.708. The van der Waals surface area contributed by atoms with E-state index in [-0.39, 0.29) is 12.4 Å². The van der Waals surface area contributed by atoms with Crippen molar-refractivity contribution in [3.8, 4) is 5.75 Å². The van der Waals surface area contributed by atoms with E-state index in [1.807, 2.05) is 54.6 Å². The number of amides is 1. The Morgan fingerprint density at radius 1 is 0.955 bits per heavy atom. The lowest BCUT2D eigenvalue weighted by Gasteiger charge is -2.10. The normalized spacial score (nSPS) is 10.4. The van der Waals surface area contributed by atoms with Crippen molar-refractivity contribution < 1.29 is 14.6 Å². The van der Waals surface area contributed by atoms with Gasteiger partial charge in [0.15, 0.2) is 0 Å². The number of phenolic OH excluding ortho intramolecular Hbond substituents is 1. The molecule has 0 aromatic heterocycles. The lowest BCUT2D eigenvalue weighted by Crippen LogP contribution is -2.13. The number of nitrogens with one attached hydrogen (secondary N) is 1. The van der Waals surface area contributed by atoms with Crippen molar-refractivity contribution in [3.05, 3.63) is 72.3 Å². The second kappa shape index (κ2) is 6.18. The van der Waals surface area contributed by atoms with Crippen LogP contribution in [0.2, 0.25) is 0 Å². The van der Waals surface area contributed by atoms with Crippen LogP contribution in [0.25, 0.3) is 10.8 Å². The number of carbonyl (C=O) groups is 1. The van der Waals surface area contributed by atoms with Crippen LogP contribution < -0.4 is 5.32 Å². The fourth-order valence-corrected chi connectivity index (χ4v) is 2.23. The lowest BCUT2D eigenvalue weighted by molar-refractivity contribution is 0.155. The van der Waals surface area contributed by atoms with Crippen LogP contribution in [0.1, 0.15) is 5.56 Å². The number of benzene rings is 3. The van der Waals surface area contributed by atoms with Gasteiger partial charge in [-0.25, -0.2) is 4.79 Å². The Morgan fingerprint density at radius 2 is 1.68 bits per heavy atom. The van der Waals surface area contributed by atoms with Gasteiger partial charge in [-0.1, -0.05) is 60.7 Å². The molecule has 3 rings (SSSR count). The molecular formula is C18H15NO3. The van der Waals surface area contributed by atoms with E-state index in [4.69, 9.17) is 4.74 Å². The zero-order valence-electron chi connectivity index (χ0n) is 11.8. The molecule has 1 amide bonds. The molecule has 0 radical (unpaired) electrons. The number of hydrogen-bond acceptors (Lipinski definition) is 3. The maximum Gasteiger partial charge on any atom is 0.412 e.